The van der Waals surface area contributed by atoms with E-state index in [0.29, 0.717) is 12.1 Å². The number of halogens is 5. The van der Waals surface area contributed by atoms with E-state index in [9.17, 15) is 31.5 Å². The van der Waals surface area contributed by atoms with Crippen molar-refractivity contribution in [2.24, 2.45) is 0 Å². The van der Waals surface area contributed by atoms with Crippen molar-refractivity contribution < 1.29 is 31.5 Å². The van der Waals surface area contributed by atoms with E-state index in [0.717, 1.165) is 32.1 Å². The largest absolute Gasteiger partial charge is 0.331 e. The molecule has 158 valence electrons. The van der Waals surface area contributed by atoms with Crippen molar-refractivity contribution in [3.05, 3.63) is 64.0 Å². The summed E-state index contributed by atoms with van der Waals surface area (Å²) >= 11 is 0. The molecule has 0 unspecified atom stereocenters. The van der Waals surface area contributed by atoms with Gasteiger partial charge in [0.25, 0.3) is 11.8 Å². The quantitative estimate of drug-likeness (QED) is 0.432. The third kappa shape index (κ3) is 3.22. The Bertz CT molecular complexity index is 1020. The molecule has 1 fully saturated rings. The van der Waals surface area contributed by atoms with E-state index in [1.807, 2.05) is 0 Å². The van der Waals surface area contributed by atoms with Crippen LogP contribution in [0.5, 0.6) is 0 Å². The molecule has 30 heavy (non-hydrogen) atoms. The zero-order valence-electron chi connectivity index (χ0n) is 15.7. The van der Waals surface area contributed by atoms with Gasteiger partial charge in [-0.3, -0.25) is 9.59 Å². The zero-order chi connectivity index (χ0) is 21.6. The molecule has 1 N–H and O–H groups in total. The monoisotopic (exact) mass is 424 g/mol. The van der Waals surface area contributed by atoms with Gasteiger partial charge in [0.05, 0.1) is 11.1 Å². The van der Waals surface area contributed by atoms with Crippen molar-refractivity contribution in [3.8, 4) is 0 Å². The number of carbonyl (C=O) groups is 2. The minimum absolute atomic E-state index is 0.0461. The summed E-state index contributed by atoms with van der Waals surface area (Å²) in [6.45, 7) is 0.308. The second kappa shape index (κ2) is 7.70. The maximum Gasteiger partial charge on any atom is 0.256 e. The number of carbonyl (C=O) groups excluding carboxylic acids is 2. The molecule has 2 amide bonds. The van der Waals surface area contributed by atoms with Gasteiger partial charge >= 0.3 is 0 Å². The van der Waals surface area contributed by atoms with E-state index >= 15 is 0 Å². The minimum atomic E-state index is -2.32. The normalized spacial score (nSPS) is 16.7. The van der Waals surface area contributed by atoms with Gasteiger partial charge in [-0.2, -0.15) is 0 Å². The Labute approximate surface area is 168 Å². The van der Waals surface area contributed by atoms with Gasteiger partial charge in [0.1, 0.15) is 5.69 Å². The molecular formula is C21H17F5N2O2. The summed E-state index contributed by atoms with van der Waals surface area (Å²) in [5.41, 5.74) is -0.969. The Kier molecular flexibility index (Phi) is 5.21. The van der Waals surface area contributed by atoms with E-state index in [4.69, 9.17) is 0 Å². The lowest BCUT2D eigenvalue weighted by Gasteiger charge is -2.30. The molecule has 1 heterocycles. The number of fused-ring (bicyclic) bond motifs is 1. The van der Waals surface area contributed by atoms with Crippen LogP contribution in [0.1, 0.15) is 58.4 Å². The first kappa shape index (κ1) is 20.3. The summed E-state index contributed by atoms with van der Waals surface area (Å²) in [6.07, 6.45) is 4.80. The molecule has 0 spiro atoms. The summed E-state index contributed by atoms with van der Waals surface area (Å²) < 4.78 is 67.9. The van der Waals surface area contributed by atoms with Gasteiger partial charge in [-0.05, 0) is 24.5 Å². The van der Waals surface area contributed by atoms with Gasteiger partial charge in [0.15, 0.2) is 23.3 Å². The summed E-state index contributed by atoms with van der Waals surface area (Å²) in [7, 11) is 0. The lowest BCUT2D eigenvalue weighted by atomic mass is 9.94. The Hall–Kier alpha value is -2.97. The first-order valence-electron chi connectivity index (χ1n) is 9.57. The van der Waals surface area contributed by atoms with Crippen molar-refractivity contribution in [2.45, 2.75) is 44.7 Å². The van der Waals surface area contributed by atoms with Gasteiger partial charge in [-0.1, -0.05) is 31.4 Å². The van der Waals surface area contributed by atoms with Crippen molar-refractivity contribution in [1.29, 1.82) is 0 Å². The molecule has 4 nitrogen and oxygen atoms in total. The Morgan fingerprint density at radius 1 is 0.900 bits per heavy atom. The second-order valence-corrected chi connectivity index (χ2v) is 7.46. The van der Waals surface area contributed by atoms with E-state index in [1.54, 1.807) is 16.3 Å². The maximum atomic E-state index is 13.9. The molecule has 2 aliphatic rings. The van der Waals surface area contributed by atoms with Gasteiger partial charge in [0, 0.05) is 12.6 Å². The molecule has 2 aromatic rings. The number of amides is 2. The molecule has 1 aliphatic heterocycles. The first-order chi connectivity index (χ1) is 14.3. The third-order valence-electron chi connectivity index (χ3n) is 5.67. The number of anilines is 1. The van der Waals surface area contributed by atoms with Crippen LogP contribution in [-0.4, -0.2) is 22.8 Å². The predicted molar refractivity (Wildman–Crippen MR) is 97.4 cm³/mol. The highest BCUT2D eigenvalue weighted by molar-refractivity contribution is 6.13. The molecule has 0 radical (unpaired) electrons. The summed E-state index contributed by atoms with van der Waals surface area (Å²) in [4.78, 5) is 27.3. The van der Waals surface area contributed by atoms with Crippen LogP contribution < -0.4 is 5.32 Å². The van der Waals surface area contributed by atoms with Crippen LogP contribution in [0.3, 0.4) is 0 Å². The summed E-state index contributed by atoms with van der Waals surface area (Å²) in [6, 6.07) is 4.50. The smallest absolute Gasteiger partial charge is 0.256 e. The minimum Gasteiger partial charge on any atom is -0.331 e. The van der Waals surface area contributed by atoms with Crippen LogP contribution in [0.25, 0.3) is 0 Å². The van der Waals surface area contributed by atoms with E-state index < -0.39 is 40.7 Å². The van der Waals surface area contributed by atoms with Gasteiger partial charge in [-0.25, -0.2) is 22.0 Å². The number of hydrogen-bond acceptors (Lipinski definition) is 2. The van der Waals surface area contributed by atoms with Crippen LogP contribution in [0, 0.1) is 29.1 Å². The topological polar surface area (TPSA) is 49.4 Å². The summed E-state index contributed by atoms with van der Waals surface area (Å²) in [5.74, 6) is -12.5. The Morgan fingerprint density at radius 3 is 2.13 bits per heavy atom. The molecule has 2 aromatic carbocycles. The highest BCUT2D eigenvalue weighted by Crippen LogP contribution is 2.33. The fourth-order valence-corrected chi connectivity index (χ4v) is 4.16. The third-order valence-corrected chi connectivity index (χ3v) is 5.67. The molecule has 4 rings (SSSR count). The average molecular weight is 424 g/mol. The number of nitrogens with one attached hydrogen (secondary N) is 1. The molecule has 0 saturated heterocycles. The van der Waals surface area contributed by atoms with E-state index in [-0.39, 0.29) is 23.1 Å². The number of hydrogen-bond donors (Lipinski definition) is 1. The predicted octanol–water partition coefficient (Wildman–Crippen LogP) is 4.92. The molecular weight excluding hydrogens is 407 g/mol. The van der Waals surface area contributed by atoms with Crippen LogP contribution in [0.2, 0.25) is 0 Å². The molecule has 0 atom stereocenters. The van der Waals surface area contributed by atoms with E-state index in [2.05, 4.69) is 0 Å². The van der Waals surface area contributed by atoms with Crippen LogP contribution in [-0.2, 0) is 6.54 Å². The SMILES string of the molecule is O=C(Nc1c(F)c(F)c(F)c(F)c1F)c1cccc2c1C(=O)N(C1CCCCC1)C2. The number of rotatable bonds is 3. The summed E-state index contributed by atoms with van der Waals surface area (Å²) in [5, 5.41) is 1.74. The van der Waals surface area contributed by atoms with Gasteiger partial charge < -0.3 is 10.2 Å². The molecule has 0 aromatic heterocycles. The van der Waals surface area contributed by atoms with Crippen molar-refractivity contribution in [3.63, 3.8) is 0 Å². The van der Waals surface area contributed by atoms with Crippen LogP contribution >= 0.6 is 0 Å². The van der Waals surface area contributed by atoms with E-state index in [1.165, 1.54) is 12.1 Å². The Morgan fingerprint density at radius 2 is 1.50 bits per heavy atom. The van der Waals surface area contributed by atoms with Gasteiger partial charge in [0.2, 0.25) is 5.82 Å². The number of nitrogens with zero attached hydrogens (tertiary/aromatic N) is 1. The average Bonchev–Trinajstić information content (AvgIpc) is 3.11. The first-order valence-corrected chi connectivity index (χ1v) is 9.57. The lowest BCUT2D eigenvalue weighted by Crippen LogP contribution is -2.37. The standard InChI is InChI=1S/C21H17F5N2O2/c22-14-15(23)17(25)19(18(26)16(14)24)27-20(29)12-8-4-5-10-9-28(21(30)13(10)12)11-6-2-1-3-7-11/h4-5,8,11H,1-3,6-7,9H2,(H,27,29). The second-order valence-electron chi connectivity index (χ2n) is 7.46. The maximum absolute atomic E-state index is 13.9. The van der Waals surface area contributed by atoms with Crippen molar-refractivity contribution in [2.75, 3.05) is 5.32 Å². The highest BCUT2D eigenvalue weighted by atomic mass is 19.2. The zero-order valence-corrected chi connectivity index (χ0v) is 15.7. The molecule has 1 aliphatic carbocycles. The molecule has 1 saturated carbocycles. The fraction of sp³-hybridized carbons (Fsp3) is 0.333. The molecule has 0 bridgehead atoms. The van der Waals surface area contributed by atoms with Gasteiger partial charge in [-0.15, -0.1) is 0 Å². The van der Waals surface area contributed by atoms with Crippen molar-refractivity contribution in [1.82, 2.24) is 4.90 Å². The molecule has 9 heteroatoms. The Balaban J connectivity index is 1.66. The van der Waals surface area contributed by atoms with Crippen LogP contribution in [0.4, 0.5) is 27.6 Å². The van der Waals surface area contributed by atoms with Crippen LogP contribution in [0.15, 0.2) is 18.2 Å². The van der Waals surface area contributed by atoms with Crippen molar-refractivity contribution >= 4 is 17.5 Å². The number of benzene rings is 2. The fourth-order valence-electron chi connectivity index (χ4n) is 4.16. The highest BCUT2D eigenvalue weighted by Gasteiger charge is 2.36. The lowest BCUT2D eigenvalue weighted by molar-refractivity contribution is 0.0657.